The van der Waals surface area contributed by atoms with Gasteiger partial charge in [0.05, 0.1) is 18.5 Å². The van der Waals surface area contributed by atoms with E-state index in [-0.39, 0.29) is 12.2 Å². The molecule has 3 heterocycles. The minimum absolute atomic E-state index is 0.0552. The number of hydrogen-bond acceptors (Lipinski definition) is 8. The van der Waals surface area contributed by atoms with Crippen LogP contribution in [0.2, 0.25) is 0 Å². The third kappa shape index (κ3) is 3.14. The summed E-state index contributed by atoms with van der Waals surface area (Å²) in [7, 11) is 0. The summed E-state index contributed by atoms with van der Waals surface area (Å²) in [5, 5.41) is 15.6. The lowest BCUT2D eigenvalue weighted by Gasteiger charge is -2.12. The van der Waals surface area contributed by atoms with Gasteiger partial charge >= 0.3 is 0 Å². The second-order valence-electron chi connectivity index (χ2n) is 4.78. The van der Waals surface area contributed by atoms with Gasteiger partial charge in [0.1, 0.15) is 18.0 Å². The zero-order valence-corrected chi connectivity index (χ0v) is 11.5. The lowest BCUT2D eigenvalue weighted by atomic mass is 10.2. The van der Waals surface area contributed by atoms with Gasteiger partial charge in [-0.1, -0.05) is 5.16 Å². The van der Waals surface area contributed by atoms with Crippen LogP contribution in [0.5, 0.6) is 0 Å². The molecule has 1 aliphatic rings. The van der Waals surface area contributed by atoms with Crippen molar-refractivity contribution in [3.8, 4) is 6.07 Å². The van der Waals surface area contributed by atoms with Gasteiger partial charge in [0.2, 0.25) is 0 Å². The summed E-state index contributed by atoms with van der Waals surface area (Å²) in [4.78, 5) is 12.2. The van der Waals surface area contributed by atoms with Crippen LogP contribution < -0.4 is 5.32 Å². The van der Waals surface area contributed by atoms with E-state index < -0.39 is 0 Å². The Bertz CT molecular complexity index is 647. The topological polar surface area (TPSA) is 110 Å². The van der Waals surface area contributed by atoms with E-state index in [9.17, 15) is 0 Å². The van der Waals surface area contributed by atoms with Crippen LogP contribution in [0.15, 0.2) is 16.9 Å². The van der Waals surface area contributed by atoms with Crippen molar-refractivity contribution < 1.29 is 9.26 Å². The summed E-state index contributed by atoms with van der Waals surface area (Å²) in [5.74, 6) is 1.77. The summed E-state index contributed by atoms with van der Waals surface area (Å²) >= 11 is 0. The summed E-state index contributed by atoms with van der Waals surface area (Å²) in [6.07, 6.45) is 4.65. The number of ether oxygens (including phenoxy) is 1. The van der Waals surface area contributed by atoms with Crippen molar-refractivity contribution >= 4 is 5.82 Å². The molecule has 0 aliphatic carbocycles. The average Bonchev–Trinajstić information content (AvgIpc) is 3.14. The molecule has 0 bridgehead atoms. The first kappa shape index (κ1) is 13.5. The molecule has 2 aromatic rings. The van der Waals surface area contributed by atoms with Crippen LogP contribution in [0.25, 0.3) is 0 Å². The van der Waals surface area contributed by atoms with E-state index in [1.165, 1.54) is 12.4 Å². The first-order chi connectivity index (χ1) is 10.2. The van der Waals surface area contributed by atoms with Crippen molar-refractivity contribution in [1.29, 1.82) is 5.26 Å². The minimum Gasteiger partial charge on any atom is -0.366 e. The van der Waals surface area contributed by atoms with Gasteiger partial charge in [0.25, 0.3) is 5.89 Å². The molecule has 8 heteroatoms. The van der Waals surface area contributed by atoms with E-state index in [0.717, 1.165) is 12.8 Å². The molecule has 1 fully saturated rings. The number of aromatic nitrogens is 4. The molecule has 108 valence electrons. The Balaban J connectivity index is 1.51. The maximum absolute atomic E-state index is 8.66. The monoisotopic (exact) mass is 286 g/mol. The Morgan fingerprint density at radius 3 is 2.95 bits per heavy atom. The van der Waals surface area contributed by atoms with Crippen LogP contribution in [-0.4, -0.2) is 32.8 Å². The van der Waals surface area contributed by atoms with Gasteiger partial charge in [0.15, 0.2) is 11.5 Å². The van der Waals surface area contributed by atoms with Crippen molar-refractivity contribution in [2.75, 3.05) is 11.9 Å². The highest BCUT2D eigenvalue weighted by atomic mass is 16.5. The second kappa shape index (κ2) is 5.85. The minimum atomic E-state index is -0.134. The Hall–Kier alpha value is -2.53. The molecule has 1 saturated heterocycles. The van der Waals surface area contributed by atoms with Gasteiger partial charge in [-0.15, -0.1) is 0 Å². The molecule has 8 nitrogen and oxygen atoms in total. The summed E-state index contributed by atoms with van der Waals surface area (Å²) < 4.78 is 11.0. The molecule has 3 rings (SSSR count). The largest absolute Gasteiger partial charge is 0.366 e. The molecule has 21 heavy (non-hydrogen) atoms. The molecule has 0 saturated carbocycles. The van der Waals surface area contributed by atoms with Crippen molar-refractivity contribution in [2.45, 2.75) is 32.0 Å². The van der Waals surface area contributed by atoms with Crippen LogP contribution in [0.3, 0.4) is 0 Å². The van der Waals surface area contributed by atoms with Crippen molar-refractivity contribution in [2.24, 2.45) is 0 Å². The fraction of sp³-hybridized carbons (Fsp3) is 0.462. The van der Waals surface area contributed by atoms with E-state index >= 15 is 0 Å². The lowest BCUT2D eigenvalue weighted by Crippen LogP contribution is -2.19. The first-order valence-corrected chi connectivity index (χ1v) is 6.66. The van der Waals surface area contributed by atoms with E-state index in [0.29, 0.717) is 29.8 Å². The van der Waals surface area contributed by atoms with Crippen LogP contribution in [0.1, 0.15) is 36.4 Å². The van der Waals surface area contributed by atoms with Gasteiger partial charge in [-0.25, -0.2) is 9.97 Å². The molecule has 0 unspecified atom stereocenters. The standard InChI is InChI=1S/C13H14N6O2/c1-8-18-13(21-19-8)11-3-2-10(20-11)6-17-12-7-15-9(4-14)5-16-12/h5,7,10-11H,2-3,6H2,1H3,(H,16,17)/t10-,11+/m1/s1. The highest BCUT2D eigenvalue weighted by Crippen LogP contribution is 2.31. The third-order valence-corrected chi connectivity index (χ3v) is 3.20. The smallest absolute Gasteiger partial charge is 0.255 e. The summed E-state index contributed by atoms with van der Waals surface area (Å²) in [6, 6.07) is 1.93. The number of nitriles is 1. The molecule has 0 amide bonds. The number of anilines is 1. The summed E-state index contributed by atoms with van der Waals surface area (Å²) in [6.45, 7) is 2.40. The van der Waals surface area contributed by atoms with Crippen molar-refractivity contribution in [3.05, 3.63) is 29.8 Å². The normalized spacial score (nSPS) is 21.1. The fourth-order valence-corrected chi connectivity index (χ4v) is 2.18. The number of nitrogens with one attached hydrogen (secondary N) is 1. The van der Waals surface area contributed by atoms with Gasteiger partial charge in [-0.3, -0.25) is 0 Å². The van der Waals surface area contributed by atoms with E-state index in [1.807, 2.05) is 6.07 Å². The highest BCUT2D eigenvalue weighted by molar-refractivity contribution is 5.33. The van der Waals surface area contributed by atoms with Gasteiger partial charge in [-0.05, 0) is 19.8 Å². The van der Waals surface area contributed by atoms with E-state index in [2.05, 4.69) is 25.4 Å². The fourth-order valence-electron chi connectivity index (χ4n) is 2.18. The quantitative estimate of drug-likeness (QED) is 0.897. The molecule has 2 aromatic heterocycles. The van der Waals surface area contributed by atoms with Crippen molar-refractivity contribution in [1.82, 2.24) is 20.1 Å². The zero-order valence-electron chi connectivity index (χ0n) is 11.5. The van der Waals surface area contributed by atoms with Crippen LogP contribution in [-0.2, 0) is 4.74 Å². The van der Waals surface area contributed by atoms with E-state index in [1.54, 1.807) is 6.92 Å². The molecule has 2 atom stereocenters. The Labute approximate surface area is 121 Å². The highest BCUT2D eigenvalue weighted by Gasteiger charge is 2.30. The van der Waals surface area contributed by atoms with Gasteiger partial charge < -0.3 is 14.6 Å². The molecule has 1 aliphatic heterocycles. The van der Waals surface area contributed by atoms with Gasteiger partial charge in [-0.2, -0.15) is 10.2 Å². The molecule has 0 radical (unpaired) electrons. The average molecular weight is 286 g/mol. The number of nitrogens with zero attached hydrogens (tertiary/aromatic N) is 5. The number of aryl methyl sites for hydroxylation is 1. The lowest BCUT2D eigenvalue weighted by molar-refractivity contribution is 0.0326. The first-order valence-electron chi connectivity index (χ1n) is 6.66. The third-order valence-electron chi connectivity index (χ3n) is 3.20. The zero-order chi connectivity index (χ0) is 14.7. The SMILES string of the molecule is Cc1noc([C@@H]2CC[C@H](CNc3cnc(C#N)cn3)O2)n1. The van der Waals surface area contributed by atoms with Gasteiger partial charge in [0, 0.05) is 6.54 Å². The van der Waals surface area contributed by atoms with Crippen LogP contribution in [0.4, 0.5) is 5.82 Å². The number of rotatable bonds is 4. The molecule has 0 spiro atoms. The van der Waals surface area contributed by atoms with Crippen LogP contribution in [0, 0.1) is 18.3 Å². The molecular formula is C13H14N6O2. The second-order valence-corrected chi connectivity index (χ2v) is 4.78. The Morgan fingerprint density at radius 2 is 2.29 bits per heavy atom. The summed E-state index contributed by atoms with van der Waals surface area (Å²) in [5.41, 5.74) is 0.296. The molecule has 1 N–H and O–H groups in total. The Morgan fingerprint density at radius 1 is 1.38 bits per heavy atom. The van der Waals surface area contributed by atoms with Crippen LogP contribution >= 0.6 is 0 Å². The molecule has 0 aromatic carbocycles. The number of hydrogen-bond donors (Lipinski definition) is 1. The maximum atomic E-state index is 8.66. The van der Waals surface area contributed by atoms with Crippen molar-refractivity contribution in [3.63, 3.8) is 0 Å². The Kier molecular flexibility index (Phi) is 3.75. The van der Waals surface area contributed by atoms with E-state index in [4.69, 9.17) is 14.5 Å². The predicted octanol–water partition coefficient (Wildman–Crippen LogP) is 1.37. The maximum Gasteiger partial charge on any atom is 0.255 e. The predicted molar refractivity (Wildman–Crippen MR) is 71.1 cm³/mol. The molecular weight excluding hydrogens is 272 g/mol.